The van der Waals surface area contributed by atoms with Crippen LogP contribution in [0.3, 0.4) is 0 Å². The standard InChI is InChI=1S/C15H14F3N3O/c16-15(17,18)14-12-3-1-2-4-13(12)22-8-7-21(14)10-11-9-19-5-6-20-11/h1-6,9,14H,7-8,10H2. The van der Waals surface area contributed by atoms with Gasteiger partial charge in [-0.1, -0.05) is 18.2 Å². The first-order valence-electron chi connectivity index (χ1n) is 6.83. The van der Waals surface area contributed by atoms with Crippen molar-refractivity contribution < 1.29 is 17.9 Å². The second kappa shape index (κ2) is 5.92. The van der Waals surface area contributed by atoms with E-state index in [-0.39, 0.29) is 31.0 Å². The Hall–Kier alpha value is -2.15. The molecule has 7 heteroatoms. The van der Waals surface area contributed by atoms with Crippen molar-refractivity contribution in [3.63, 3.8) is 0 Å². The first-order valence-corrected chi connectivity index (χ1v) is 6.83. The second-order valence-corrected chi connectivity index (χ2v) is 5.00. The molecule has 1 aliphatic rings. The number of aromatic nitrogens is 2. The molecule has 2 heterocycles. The number of hydrogen-bond donors (Lipinski definition) is 0. The number of nitrogens with zero attached hydrogens (tertiary/aromatic N) is 3. The first kappa shape index (κ1) is 14.8. The van der Waals surface area contributed by atoms with Crippen LogP contribution in [0.15, 0.2) is 42.9 Å². The molecule has 1 atom stereocenters. The Labute approximate surface area is 125 Å². The summed E-state index contributed by atoms with van der Waals surface area (Å²) in [6.45, 7) is 0.426. The molecule has 0 saturated carbocycles. The SMILES string of the molecule is FC(F)(F)C1c2ccccc2OCCN1Cc1cnccn1. The van der Waals surface area contributed by atoms with Crippen LogP contribution >= 0.6 is 0 Å². The number of alkyl halides is 3. The summed E-state index contributed by atoms with van der Waals surface area (Å²) in [5.41, 5.74) is 0.632. The van der Waals surface area contributed by atoms with Crippen LogP contribution in [0, 0.1) is 0 Å². The van der Waals surface area contributed by atoms with Gasteiger partial charge in [-0.3, -0.25) is 14.9 Å². The molecule has 4 nitrogen and oxygen atoms in total. The summed E-state index contributed by atoms with van der Waals surface area (Å²) >= 11 is 0. The van der Waals surface area contributed by atoms with Gasteiger partial charge in [0.05, 0.1) is 5.69 Å². The highest BCUT2D eigenvalue weighted by Crippen LogP contribution is 2.43. The molecule has 22 heavy (non-hydrogen) atoms. The van der Waals surface area contributed by atoms with Crippen molar-refractivity contribution in [1.82, 2.24) is 14.9 Å². The number of benzene rings is 1. The Morgan fingerprint density at radius 2 is 2.05 bits per heavy atom. The molecule has 0 spiro atoms. The van der Waals surface area contributed by atoms with Crippen LogP contribution in [0.2, 0.25) is 0 Å². The molecule has 0 aliphatic carbocycles. The Balaban J connectivity index is 1.98. The van der Waals surface area contributed by atoms with Crippen LogP contribution in [-0.2, 0) is 6.54 Å². The van der Waals surface area contributed by atoms with Crippen molar-refractivity contribution in [3.8, 4) is 5.75 Å². The maximum Gasteiger partial charge on any atom is 0.408 e. The lowest BCUT2D eigenvalue weighted by Gasteiger charge is -2.31. The molecular formula is C15H14F3N3O. The molecule has 2 aromatic rings. The highest BCUT2D eigenvalue weighted by atomic mass is 19.4. The van der Waals surface area contributed by atoms with E-state index in [0.717, 1.165) is 0 Å². The van der Waals surface area contributed by atoms with Crippen molar-refractivity contribution in [1.29, 1.82) is 0 Å². The number of ether oxygens (including phenoxy) is 1. The molecule has 1 aromatic carbocycles. The van der Waals surface area contributed by atoms with Crippen LogP contribution in [0.4, 0.5) is 13.2 Å². The number of halogens is 3. The summed E-state index contributed by atoms with van der Waals surface area (Å²) in [5, 5.41) is 0. The first-order chi connectivity index (χ1) is 10.6. The van der Waals surface area contributed by atoms with Gasteiger partial charge in [0.25, 0.3) is 0 Å². The lowest BCUT2D eigenvalue weighted by molar-refractivity contribution is -0.187. The highest BCUT2D eigenvalue weighted by Gasteiger charge is 2.46. The van der Waals surface area contributed by atoms with Crippen molar-refractivity contribution >= 4 is 0 Å². The Morgan fingerprint density at radius 3 is 2.77 bits per heavy atom. The zero-order valence-corrected chi connectivity index (χ0v) is 11.6. The van der Waals surface area contributed by atoms with Gasteiger partial charge < -0.3 is 4.74 Å². The number of para-hydroxylation sites is 1. The molecule has 0 amide bonds. The van der Waals surface area contributed by atoms with Gasteiger partial charge in [-0.2, -0.15) is 13.2 Å². The van der Waals surface area contributed by atoms with E-state index in [1.54, 1.807) is 18.2 Å². The van der Waals surface area contributed by atoms with Gasteiger partial charge in [0.15, 0.2) is 0 Å². The van der Waals surface area contributed by atoms with Crippen molar-refractivity contribution in [2.24, 2.45) is 0 Å². The van der Waals surface area contributed by atoms with Gasteiger partial charge in [0.2, 0.25) is 0 Å². The normalized spacial score (nSPS) is 19.1. The highest BCUT2D eigenvalue weighted by molar-refractivity contribution is 5.37. The monoisotopic (exact) mass is 309 g/mol. The van der Waals surface area contributed by atoms with E-state index in [9.17, 15) is 13.2 Å². The van der Waals surface area contributed by atoms with Crippen LogP contribution in [0.5, 0.6) is 5.75 Å². The number of hydrogen-bond acceptors (Lipinski definition) is 4. The molecule has 3 rings (SSSR count). The maximum absolute atomic E-state index is 13.6. The van der Waals surface area contributed by atoms with E-state index >= 15 is 0 Å². The van der Waals surface area contributed by atoms with Crippen LogP contribution < -0.4 is 4.74 Å². The van der Waals surface area contributed by atoms with E-state index in [2.05, 4.69) is 9.97 Å². The molecule has 1 aromatic heterocycles. The molecular weight excluding hydrogens is 295 g/mol. The van der Waals surface area contributed by atoms with Crippen molar-refractivity contribution in [3.05, 3.63) is 54.1 Å². The van der Waals surface area contributed by atoms with Gasteiger partial charge in [-0.25, -0.2) is 0 Å². The largest absolute Gasteiger partial charge is 0.492 e. The average molecular weight is 309 g/mol. The molecule has 116 valence electrons. The third kappa shape index (κ3) is 3.04. The Morgan fingerprint density at radius 1 is 1.23 bits per heavy atom. The van der Waals surface area contributed by atoms with E-state index < -0.39 is 12.2 Å². The summed E-state index contributed by atoms with van der Waals surface area (Å²) < 4.78 is 46.3. The minimum atomic E-state index is -4.40. The number of rotatable bonds is 2. The van der Waals surface area contributed by atoms with E-state index in [1.165, 1.54) is 29.6 Å². The fourth-order valence-corrected chi connectivity index (χ4v) is 2.61. The summed E-state index contributed by atoms with van der Waals surface area (Å²) in [7, 11) is 0. The average Bonchev–Trinajstić information content (AvgIpc) is 2.66. The number of fused-ring (bicyclic) bond motifs is 1. The summed E-state index contributed by atoms with van der Waals surface area (Å²) in [6, 6.07) is 4.58. The third-order valence-corrected chi connectivity index (χ3v) is 3.51. The van der Waals surface area contributed by atoms with E-state index in [4.69, 9.17) is 4.74 Å². The van der Waals surface area contributed by atoms with Gasteiger partial charge in [-0.15, -0.1) is 0 Å². The van der Waals surface area contributed by atoms with Gasteiger partial charge in [0.1, 0.15) is 18.4 Å². The molecule has 0 radical (unpaired) electrons. The zero-order chi connectivity index (χ0) is 15.6. The fraction of sp³-hybridized carbons (Fsp3) is 0.333. The lowest BCUT2D eigenvalue weighted by atomic mass is 10.0. The minimum Gasteiger partial charge on any atom is -0.492 e. The molecule has 1 aliphatic heterocycles. The summed E-state index contributed by atoms with van der Waals surface area (Å²) in [4.78, 5) is 9.30. The minimum absolute atomic E-state index is 0.0652. The predicted molar refractivity (Wildman–Crippen MR) is 73.2 cm³/mol. The smallest absolute Gasteiger partial charge is 0.408 e. The van der Waals surface area contributed by atoms with Crippen LogP contribution in [0.25, 0.3) is 0 Å². The Bertz CT molecular complexity index is 633. The third-order valence-electron chi connectivity index (χ3n) is 3.51. The Kier molecular flexibility index (Phi) is 3.98. The van der Waals surface area contributed by atoms with E-state index in [0.29, 0.717) is 5.69 Å². The molecule has 0 bridgehead atoms. The molecule has 0 saturated heterocycles. The maximum atomic E-state index is 13.6. The van der Waals surface area contributed by atoms with Crippen molar-refractivity contribution in [2.45, 2.75) is 18.8 Å². The molecule has 0 fully saturated rings. The van der Waals surface area contributed by atoms with Crippen LogP contribution in [0.1, 0.15) is 17.3 Å². The molecule has 1 unspecified atom stereocenters. The van der Waals surface area contributed by atoms with Gasteiger partial charge in [-0.05, 0) is 6.07 Å². The summed E-state index contributed by atoms with van der Waals surface area (Å²) in [6.07, 6.45) is 0.0445. The zero-order valence-electron chi connectivity index (χ0n) is 11.6. The summed E-state index contributed by atoms with van der Waals surface area (Å²) in [5.74, 6) is 0.284. The topological polar surface area (TPSA) is 38.2 Å². The van der Waals surface area contributed by atoms with Crippen molar-refractivity contribution in [2.75, 3.05) is 13.2 Å². The molecule has 0 N–H and O–H groups in total. The fourth-order valence-electron chi connectivity index (χ4n) is 2.61. The predicted octanol–water partition coefficient (Wildman–Crippen LogP) is 2.97. The van der Waals surface area contributed by atoms with Crippen LogP contribution in [-0.4, -0.2) is 34.2 Å². The van der Waals surface area contributed by atoms with E-state index in [1.807, 2.05) is 0 Å². The van der Waals surface area contributed by atoms with Gasteiger partial charge >= 0.3 is 6.18 Å². The second-order valence-electron chi connectivity index (χ2n) is 5.00. The lowest BCUT2D eigenvalue weighted by Crippen LogP contribution is -2.38. The van der Waals surface area contributed by atoms with Gasteiger partial charge in [0, 0.05) is 37.2 Å². The quantitative estimate of drug-likeness (QED) is 0.855.